The molecule has 7 nitrogen and oxygen atoms in total. The highest BCUT2D eigenvalue weighted by atomic mass is 32.2. The summed E-state index contributed by atoms with van der Waals surface area (Å²) in [7, 11) is 0.927. The number of rotatable bonds is 9. The maximum atomic E-state index is 12.3. The lowest BCUT2D eigenvalue weighted by atomic mass is 10.3. The van der Waals surface area contributed by atoms with E-state index in [-0.39, 0.29) is 12.4 Å². The van der Waals surface area contributed by atoms with Crippen LogP contribution in [0.25, 0.3) is 0 Å². The third-order valence-corrected chi connectivity index (χ3v) is 4.59. The number of anilines is 1. The molecule has 8 heteroatoms. The number of hydrogen-bond donors (Lipinski definition) is 1. The van der Waals surface area contributed by atoms with Crippen LogP contribution in [0.5, 0.6) is 23.0 Å². The predicted octanol–water partition coefficient (Wildman–Crippen LogP) is 2.53. The molecule has 0 saturated carbocycles. The highest BCUT2D eigenvalue weighted by Crippen LogP contribution is 2.29. The molecule has 0 heterocycles. The molecule has 0 aliphatic rings. The largest absolute Gasteiger partial charge is 0.497 e. The van der Waals surface area contributed by atoms with Gasteiger partial charge < -0.3 is 18.9 Å². The average molecular weight is 367 g/mol. The van der Waals surface area contributed by atoms with Crippen molar-refractivity contribution in [2.24, 2.45) is 0 Å². The number of benzene rings is 2. The van der Waals surface area contributed by atoms with Crippen molar-refractivity contribution in [1.82, 2.24) is 0 Å². The van der Waals surface area contributed by atoms with Crippen LogP contribution in [0, 0.1) is 0 Å². The Morgan fingerprint density at radius 1 is 0.840 bits per heavy atom. The van der Waals surface area contributed by atoms with E-state index in [1.807, 2.05) is 0 Å². The van der Waals surface area contributed by atoms with Crippen LogP contribution in [0.15, 0.2) is 42.5 Å². The molecule has 0 bridgehead atoms. The van der Waals surface area contributed by atoms with E-state index in [1.165, 1.54) is 14.2 Å². The van der Waals surface area contributed by atoms with Crippen molar-refractivity contribution in [3.05, 3.63) is 42.5 Å². The second-order valence-corrected chi connectivity index (χ2v) is 6.85. The van der Waals surface area contributed by atoms with Gasteiger partial charge >= 0.3 is 0 Å². The Labute approximate surface area is 147 Å². The SMILES string of the molecule is COc1ccc(OCCS(=O)(=O)Nc2cc(OC)ccc2OC)cc1. The molecule has 2 aromatic rings. The summed E-state index contributed by atoms with van der Waals surface area (Å²) >= 11 is 0. The molecule has 2 aromatic carbocycles. The Morgan fingerprint density at radius 3 is 2.04 bits per heavy atom. The number of sulfonamides is 1. The second-order valence-electron chi connectivity index (χ2n) is 5.01. The van der Waals surface area contributed by atoms with Crippen LogP contribution in [0.3, 0.4) is 0 Å². The van der Waals surface area contributed by atoms with Gasteiger partial charge in [-0.05, 0) is 36.4 Å². The summed E-state index contributed by atoms with van der Waals surface area (Å²) < 4.78 is 47.7. The second kappa shape index (κ2) is 8.48. The van der Waals surface area contributed by atoms with Gasteiger partial charge in [-0.1, -0.05) is 0 Å². The molecule has 136 valence electrons. The molecular formula is C17H21NO6S. The van der Waals surface area contributed by atoms with Crippen LogP contribution in [0.1, 0.15) is 0 Å². The van der Waals surface area contributed by atoms with Gasteiger partial charge in [-0.2, -0.15) is 0 Å². The summed E-state index contributed by atoms with van der Waals surface area (Å²) in [5.41, 5.74) is 0.311. The Kier molecular flexibility index (Phi) is 6.35. The van der Waals surface area contributed by atoms with Gasteiger partial charge in [0.25, 0.3) is 0 Å². The van der Waals surface area contributed by atoms with E-state index in [2.05, 4.69) is 4.72 Å². The van der Waals surface area contributed by atoms with Crippen molar-refractivity contribution in [3.8, 4) is 23.0 Å². The molecule has 0 aliphatic heterocycles. The first kappa shape index (κ1) is 18.7. The normalized spacial score (nSPS) is 10.8. The number of ether oxygens (including phenoxy) is 4. The van der Waals surface area contributed by atoms with Crippen molar-refractivity contribution in [2.75, 3.05) is 38.4 Å². The fourth-order valence-corrected chi connectivity index (χ4v) is 2.95. The number of hydrogen-bond acceptors (Lipinski definition) is 6. The summed E-state index contributed by atoms with van der Waals surface area (Å²) in [4.78, 5) is 0. The van der Waals surface area contributed by atoms with Crippen LogP contribution < -0.4 is 23.7 Å². The summed E-state index contributed by atoms with van der Waals surface area (Å²) in [6.45, 7) is 0.00788. The molecule has 0 aliphatic carbocycles. The Balaban J connectivity index is 1.97. The first-order valence-electron chi connectivity index (χ1n) is 7.47. The third-order valence-electron chi connectivity index (χ3n) is 3.35. The van der Waals surface area contributed by atoms with E-state index in [0.29, 0.717) is 28.7 Å². The van der Waals surface area contributed by atoms with E-state index in [0.717, 1.165) is 0 Å². The van der Waals surface area contributed by atoms with Crippen LogP contribution in [0.2, 0.25) is 0 Å². The molecule has 1 N–H and O–H groups in total. The highest BCUT2D eigenvalue weighted by molar-refractivity contribution is 7.92. The highest BCUT2D eigenvalue weighted by Gasteiger charge is 2.15. The smallest absolute Gasteiger partial charge is 0.236 e. The van der Waals surface area contributed by atoms with Crippen molar-refractivity contribution in [2.45, 2.75) is 0 Å². The zero-order valence-corrected chi connectivity index (χ0v) is 15.1. The number of nitrogens with one attached hydrogen (secondary N) is 1. The Morgan fingerprint density at radius 2 is 1.44 bits per heavy atom. The molecule has 0 unspecified atom stereocenters. The van der Waals surface area contributed by atoms with Crippen LogP contribution in [-0.4, -0.2) is 42.1 Å². The minimum Gasteiger partial charge on any atom is -0.497 e. The summed E-state index contributed by atoms with van der Waals surface area (Å²) in [5.74, 6) is 1.98. The van der Waals surface area contributed by atoms with Crippen LogP contribution in [-0.2, 0) is 10.0 Å². The molecule has 25 heavy (non-hydrogen) atoms. The van der Waals surface area contributed by atoms with Crippen LogP contribution >= 0.6 is 0 Å². The van der Waals surface area contributed by atoms with Gasteiger partial charge in [0.1, 0.15) is 35.4 Å². The zero-order chi connectivity index (χ0) is 18.3. The molecule has 0 atom stereocenters. The first-order chi connectivity index (χ1) is 12.0. The lowest BCUT2D eigenvalue weighted by molar-refractivity contribution is 0.339. The predicted molar refractivity (Wildman–Crippen MR) is 95.4 cm³/mol. The molecular weight excluding hydrogens is 346 g/mol. The van der Waals surface area contributed by atoms with Gasteiger partial charge in [-0.15, -0.1) is 0 Å². The van der Waals surface area contributed by atoms with Gasteiger partial charge in [-0.3, -0.25) is 4.72 Å². The maximum Gasteiger partial charge on any atom is 0.236 e. The first-order valence-corrected chi connectivity index (χ1v) is 9.12. The molecule has 0 fully saturated rings. The van der Waals surface area contributed by atoms with Gasteiger partial charge in [0.2, 0.25) is 10.0 Å². The maximum absolute atomic E-state index is 12.3. The van der Waals surface area contributed by atoms with Gasteiger partial charge in [0, 0.05) is 6.07 Å². The zero-order valence-electron chi connectivity index (χ0n) is 14.3. The molecule has 0 saturated heterocycles. The van der Waals surface area contributed by atoms with E-state index in [1.54, 1.807) is 49.6 Å². The fourth-order valence-electron chi connectivity index (χ4n) is 2.05. The third kappa shape index (κ3) is 5.46. The fraction of sp³-hybridized carbons (Fsp3) is 0.294. The standard InChI is InChI=1S/C17H21NO6S/c1-21-13-4-6-14(7-5-13)24-10-11-25(19,20)18-16-12-15(22-2)8-9-17(16)23-3/h4-9,12,18H,10-11H2,1-3H3. The number of methoxy groups -OCH3 is 3. The Bertz CT molecular complexity index is 789. The molecule has 0 amide bonds. The lowest BCUT2D eigenvalue weighted by Gasteiger charge is -2.13. The van der Waals surface area contributed by atoms with Gasteiger partial charge in [0.15, 0.2) is 0 Å². The summed E-state index contributed by atoms with van der Waals surface area (Å²) in [6, 6.07) is 11.8. The van der Waals surface area contributed by atoms with Gasteiger partial charge in [0.05, 0.1) is 27.0 Å². The summed E-state index contributed by atoms with van der Waals surface area (Å²) in [5, 5.41) is 0. The topological polar surface area (TPSA) is 83.1 Å². The summed E-state index contributed by atoms with van der Waals surface area (Å²) in [6.07, 6.45) is 0. The molecule has 0 aromatic heterocycles. The van der Waals surface area contributed by atoms with Crippen molar-refractivity contribution >= 4 is 15.7 Å². The monoisotopic (exact) mass is 367 g/mol. The van der Waals surface area contributed by atoms with E-state index < -0.39 is 10.0 Å². The van der Waals surface area contributed by atoms with Crippen molar-refractivity contribution in [1.29, 1.82) is 0 Å². The van der Waals surface area contributed by atoms with Gasteiger partial charge in [-0.25, -0.2) is 8.42 Å². The molecule has 0 radical (unpaired) electrons. The lowest BCUT2D eigenvalue weighted by Crippen LogP contribution is -2.21. The quantitative estimate of drug-likeness (QED) is 0.733. The Hall–Kier alpha value is -2.61. The minimum absolute atomic E-state index is 0.00788. The van der Waals surface area contributed by atoms with Crippen molar-refractivity contribution in [3.63, 3.8) is 0 Å². The molecule has 2 rings (SSSR count). The van der Waals surface area contributed by atoms with E-state index >= 15 is 0 Å². The van der Waals surface area contributed by atoms with E-state index in [9.17, 15) is 8.42 Å². The van der Waals surface area contributed by atoms with Crippen molar-refractivity contribution < 1.29 is 27.4 Å². The molecule has 0 spiro atoms. The average Bonchev–Trinajstić information content (AvgIpc) is 2.61. The van der Waals surface area contributed by atoms with Crippen LogP contribution in [0.4, 0.5) is 5.69 Å². The van der Waals surface area contributed by atoms with E-state index in [4.69, 9.17) is 18.9 Å². The minimum atomic E-state index is -3.61.